The monoisotopic (exact) mass is 138 g/mol. The second-order valence-corrected chi connectivity index (χ2v) is 2.17. The van der Waals surface area contributed by atoms with E-state index in [9.17, 15) is 0 Å². The van der Waals surface area contributed by atoms with Crippen LogP contribution in [-0.4, -0.2) is 18.6 Å². The maximum absolute atomic E-state index is 4.18. The van der Waals surface area contributed by atoms with Gasteiger partial charge in [0.1, 0.15) is 0 Å². The molecule has 0 saturated carbocycles. The molecule has 1 aromatic rings. The highest BCUT2D eigenvalue weighted by Gasteiger charge is 1.88. The first-order chi connectivity index (χ1) is 4.93. The van der Waals surface area contributed by atoms with E-state index in [2.05, 4.69) is 10.3 Å². The quantitative estimate of drug-likeness (QED) is 0.676. The van der Waals surface area contributed by atoms with Crippen molar-refractivity contribution in [3.63, 3.8) is 0 Å². The van der Waals surface area contributed by atoms with Crippen LogP contribution in [0.4, 0.5) is 0 Å². The molecule has 0 aromatic carbocycles. The lowest BCUT2D eigenvalue weighted by Gasteiger charge is -1.96. The van der Waals surface area contributed by atoms with Crippen molar-refractivity contribution < 1.29 is 1.43 Å². The van der Waals surface area contributed by atoms with Crippen LogP contribution < -0.4 is 5.32 Å². The third kappa shape index (κ3) is 2.15. The molecule has 0 fully saturated rings. The topological polar surface area (TPSA) is 24.9 Å². The van der Waals surface area contributed by atoms with Crippen molar-refractivity contribution in [1.29, 1.82) is 0 Å². The molecular weight excluding hydrogens is 124 g/mol. The maximum Gasteiger partial charge on any atom is 0.0416 e. The Labute approximate surface area is 62.8 Å². The maximum atomic E-state index is 4.18. The van der Waals surface area contributed by atoms with Gasteiger partial charge in [0.15, 0.2) is 0 Å². The summed E-state index contributed by atoms with van der Waals surface area (Å²) >= 11 is 0. The number of hydrogen-bond donors (Lipinski definition) is 1. The summed E-state index contributed by atoms with van der Waals surface area (Å²) in [6.07, 6.45) is 2.84. The highest BCUT2D eigenvalue weighted by Crippen LogP contribution is 1.92. The molecule has 10 heavy (non-hydrogen) atoms. The number of aromatic nitrogens is 1. The minimum Gasteiger partial charge on any atom is -0.319 e. The van der Waals surface area contributed by atoms with E-state index in [4.69, 9.17) is 0 Å². The second-order valence-electron chi connectivity index (χ2n) is 2.17. The van der Waals surface area contributed by atoms with Gasteiger partial charge in [0, 0.05) is 26.3 Å². The van der Waals surface area contributed by atoms with Crippen molar-refractivity contribution in [1.82, 2.24) is 10.3 Å². The molecule has 0 aliphatic rings. The number of nitrogens with one attached hydrogen (secondary N) is 1. The van der Waals surface area contributed by atoms with Crippen molar-refractivity contribution in [2.45, 2.75) is 6.42 Å². The van der Waals surface area contributed by atoms with Crippen molar-refractivity contribution >= 4 is 0 Å². The van der Waals surface area contributed by atoms with E-state index in [1.807, 2.05) is 31.4 Å². The van der Waals surface area contributed by atoms with E-state index in [-0.39, 0.29) is 1.43 Å². The highest BCUT2D eigenvalue weighted by atomic mass is 14.8. The van der Waals surface area contributed by atoms with E-state index in [0.29, 0.717) is 0 Å². The molecule has 0 radical (unpaired) electrons. The first-order valence-corrected chi connectivity index (χ1v) is 3.48. The van der Waals surface area contributed by atoms with Crippen LogP contribution in [0.1, 0.15) is 7.12 Å². The van der Waals surface area contributed by atoms with Crippen LogP contribution in [0.25, 0.3) is 0 Å². The normalized spacial score (nSPS) is 9.70. The molecule has 0 unspecified atom stereocenters. The lowest BCUT2D eigenvalue weighted by molar-refractivity contribution is 0.776. The van der Waals surface area contributed by atoms with Gasteiger partial charge in [-0.1, -0.05) is 6.07 Å². The Morgan fingerprint density at radius 1 is 1.60 bits per heavy atom. The zero-order chi connectivity index (χ0) is 7.23. The van der Waals surface area contributed by atoms with Crippen molar-refractivity contribution in [3.8, 4) is 0 Å². The summed E-state index contributed by atoms with van der Waals surface area (Å²) < 4.78 is 0. The van der Waals surface area contributed by atoms with Crippen LogP contribution in [0.3, 0.4) is 0 Å². The Morgan fingerprint density at radius 2 is 2.50 bits per heavy atom. The van der Waals surface area contributed by atoms with Crippen LogP contribution >= 0.6 is 0 Å². The second kappa shape index (κ2) is 4.01. The van der Waals surface area contributed by atoms with E-state index >= 15 is 0 Å². The molecule has 2 nitrogen and oxygen atoms in total. The standard InChI is InChI=1S/C8H12N2.H2/c1-9-7-5-8-4-2-3-6-10-8;/h2-4,6,9H,5,7H2,1H3;1H. The molecule has 1 heterocycles. The van der Waals surface area contributed by atoms with Gasteiger partial charge >= 0.3 is 0 Å². The number of likely N-dealkylation sites (N-methyl/N-ethyl adjacent to an activating group) is 1. The molecule has 2 heteroatoms. The summed E-state index contributed by atoms with van der Waals surface area (Å²) in [6, 6.07) is 5.98. The predicted octanol–water partition coefficient (Wildman–Crippen LogP) is 1.09. The third-order valence-corrected chi connectivity index (χ3v) is 1.36. The van der Waals surface area contributed by atoms with Gasteiger partial charge in [-0.05, 0) is 19.2 Å². The largest absolute Gasteiger partial charge is 0.319 e. The number of nitrogens with zero attached hydrogens (tertiary/aromatic N) is 1. The Hall–Kier alpha value is -0.890. The molecule has 0 bridgehead atoms. The van der Waals surface area contributed by atoms with Gasteiger partial charge < -0.3 is 5.32 Å². The van der Waals surface area contributed by atoms with Gasteiger partial charge in [-0.25, -0.2) is 0 Å². The molecule has 1 N–H and O–H groups in total. The fraction of sp³-hybridized carbons (Fsp3) is 0.375. The fourth-order valence-electron chi connectivity index (χ4n) is 0.799. The van der Waals surface area contributed by atoms with E-state index < -0.39 is 0 Å². The molecule has 56 valence electrons. The Balaban J connectivity index is 0.000001000. The van der Waals surface area contributed by atoms with E-state index in [1.165, 1.54) is 0 Å². The minimum atomic E-state index is 0. The average molecular weight is 138 g/mol. The zero-order valence-electron chi connectivity index (χ0n) is 6.17. The Bertz CT molecular complexity index is 177. The lowest BCUT2D eigenvalue weighted by Crippen LogP contribution is -2.10. The third-order valence-electron chi connectivity index (χ3n) is 1.36. The molecule has 0 spiro atoms. The lowest BCUT2D eigenvalue weighted by atomic mass is 10.3. The van der Waals surface area contributed by atoms with E-state index in [1.54, 1.807) is 0 Å². The van der Waals surface area contributed by atoms with Crippen LogP contribution in [0.15, 0.2) is 24.4 Å². The minimum absolute atomic E-state index is 0. The molecule has 0 aliphatic heterocycles. The number of pyridine rings is 1. The molecule has 1 aromatic heterocycles. The van der Waals surface area contributed by atoms with Crippen molar-refractivity contribution in [2.75, 3.05) is 13.6 Å². The molecular formula is C8H14N2. The smallest absolute Gasteiger partial charge is 0.0416 e. The van der Waals surface area contributed by atoms with Gasteiger partial charge in [0.05, 0.1) is 0 Å². The summed E-state index contributed by atoms with van der Waals surface area (Å²) in [7, 11) is 1.95. The van der Waals surface area contributed by atoms with Crippen LogP contribution in [0, 0.1) is 0 Å². The Kier molecular flexibility index (Phi) is 2.90. The molecule has 0 atom stereocenters. The van der Waals surface area contributed by atoms with E-state index in [0.717, 1.165) is 18.7 Å². The Morgan fingerprint density at radius 3 is 3.10 bits per heavy atom. The van der Waals surface area contributed by atoms with Gasteiger partial charge in [-0.3, -0.25) is 4.98 Å². The number of rotatable bonds is 3. The van der Waals surface area contributed by atoms with Gasteiger partial charge in [0.2, 0.25) is 0 Å². The molecule has 1 rings (SSSR count). The van der Waals surface area contributed by atoms with Crippen LogP contribution in [0.5, 0.6) is 0 Å². The molecule has 0 amide bonds. The number of hydrogen-bond acceptors (Lipinski definition) is 2. The van der Waals surface area contributed by atoms with Gasteiger partial charge in [0.25, 0.3) is 0 Å². The van der Waals surface area contributed by atoms with Gasteiger partial charge in [-0.2, -0.15) is 0 Å². The van der Waals surface area contributed by atoms with Crippen molar-refractivity contribution in [3.05, 3.63) is 30.1 Å². The zero-order valence-corrected chi connectivity index (χ0v) is 6.17. The summed E-state index contributed by atoms with van der Waals surface area (Å²) in [5.74, 6) is 0. The first-order valence-electron chi connectivity index (χ1n) is 3.48. The van der Waals surface area contributed by atoms with Crippen LogP contribution in [0.2, 0.25) is 0 Å². The van der Waals surface area contributed by atoms with Crippen molar-refractivity contribution in [2.24, 2.45) is 0 Å². The summed E-state index contributed by atoms with van der Waals surface area (Å²) in [5, 5.41) is 3.08. The molecule has 0 saturated heterocycles. The average Bonchev–Trinajstić information content (AvgIpc) is 2.03. The summed E-state index contributed by atoms with van der Waals surface area (Å²) in [5.41, 5.74) is 1.15. The predicted molar refractivity (Wildman–Crippen MR) is 44.0 cm³/mol. The van der Waals surface area contributed by atoms with Gasteiger partial charge in [-0.15, -0.1) is 0 Å². The van der Waals surface area contributed by atoms with Crippen LogP contribution in [-0.2, 0) is 6.42 Å². The molecule has 0 aliphatic carbocycles. The summed E-state index contributed by atoms with van der Waals surface area (Å²) in [4.78, 5) is 4.18. The summed E-state index contributed by atoms with van der Waals surface area (Å²) in [6.45, 7) is 0.997. The SMILES string of the molecule is CNCCc1ccccn1.[HH]. The fourth-order valence-corrected chi connectivity index (χ4v) is 0.799. The first kappa shape index (κ1) is 7.22. The highest BCUT2D eigenvalue weighted by molar-refractivity contribution is 5.03.